The topological polar surface area (TPSA) is 12.5 Å². The van der Waals surface area contributed by atoms with Crippen LogP contribution >= 0.6 is 11.6 Å². The van der Waals surface area contributed by atoms with Gasteiger partial charge in [0, 0.05) is 18.5 Å². The highest BCUT2D eigenvalue weighted by Crippen LogP contribution is 2.23. The van der Waals surface area contributed by atoms with E-state index >= 15 is 0 Å². The minimum absolute atomic E-state index is 0.206. The summed E-state index contributed by atoms with van der Waals surface area (Å²) in [6.45, 7) is 2.61. The van der Waals surface area contributed by atoms with Crippen LogP contribution in [0.4, 0.5) is 13.2 Å². The highest BCUT2D eigenvalue weighted by molar-refractivity contribution is 6.18. The molecule has 0 fully saturated rings. The van der Waals surface area contributed by atoms with Crippen molar-refractivity contribution in [3.63, 3.8) is 0 Å². The fraction of sp³-hybridized carbons (Fsp3) is 0.500. The van der Waals surface area contributed by atoms with Crippen LogP contribution in [-0.2, 0) is 6.54 Å². The minimum Gasteiger partial charge on any atom is -0.406 e. The van der Waals surface area contributed by atoms with Gasteiger partial charge in [-0.1, -0.05) is 12.1 Å². The third kappa shape index (κ3) is 5.14. The lowest BCUT2D eigenvalue weighted by molar-refractivity contribution is -0.274. The van der Waals surface area contributed by atoms with E-state index < -0.39 is 6.36 Å². The van der Waals surface area contributed by atoms with E-state index in [1.54, 1.807) is 12.1 Å². The number of hydrogen-bond acceptors (Lipinski definition) is 2. The molecule has 1 aromatic rings. The minimum atomic E-state index is -4.65. The van der Waals surface area contributed by atoms with Gasteiger partial charge in [0.1, 0.15) is 5.75 Å². The molecule has 0 radical (unpaired) electrons. The molecule has 1 unspecified atom stereocenters. The lowest BCUT2D eigenvalue weighted by Gasteiger charge is -2.22. The molecule has 1 aromatic carbocycles. The first-order valence-corrected chi connectivity index (χ1v) is 5.96. The summed E-state index contributed by atoms with van der Waals surface area (Å²) in [6, 6.07) is 6.04. The smallest absolute Gasteiger partial charge is 0.406 e. The third-order valence-corrected chi connectivity index (χ3v) is 3.01. The molecule has 0 amide bonds. The fourth-order valence-electron chi connectivity index (χ4n) is 1.36. The SMILES string of the molecule is CC(CCl)N(C)Cc1ccc(OC(F)(F)F)cc1. The van der Waals surface area contributed by atoms with Gasteiger partial charge in [-0.15, -0.1) is 24.8 Å². The number of alkyl halides is 4. The van der Waals surface area contributed by atoms with Crippen LogP contribution in [0.3, 0.4) is 0 Å². The molecule has 0 aliphatic heterocycles. The van der Waals surface area contributed by atoms with Crippen molar-refractivity contribution in [1.29, 1.82) is 0 Å². The number of rotatable bonds is 5. The molecule has 2 nitrogen and oxygen atoms in total. The predicted octanol–water partition coefficient (Wildman–Crippen LogP) is 3.64. The monoisotopic (exact) mass is 281 g/mol. The molecule has 1 rings (SSSR count). The summed E-state index contributed by atoms with van der Waals surface area (Å²) in [4.78, 5) is 2.02. The van der Waals surface area contributed by atoms with Crippen LogP contribution < -0.4 is 4.74 Å². The van der Waals surface area contributed by atoms with Gasteiger partial charge in [0.2, 0.25) is 0 Å². The molecular formula is C12H15ClF3NO. The molecule has 0 heterocycles. The van der Waals surface area contributed by atoms with Crippen molar-refractivity contribution in [3.8, 4) is 5.75 Å². The van der Waals surface area contributed by atoms with E-state index in [9.17, 15) is 13.2 Å². The van der Waals surface area contributed by atoms with Gasteiger partial charge in [-0.2, -0.15) is 0 Å². The van der Waals surface area contributed by atoms with Gasteiger partial charge >= 0.3 is 6.36 Å². The van der Waals surface area contributed by atoms with Crippen LogP contribution in [0.2, 0.25) is 0 Å². The Balaban J connectivity index is 2.60. The average molecular weight is 282 g/mol. The van der Waals surface area contributed by atoms with Gasteiger partial charge < -0.3 is 4.74 Å². The van der Waals surface area contributed by atoms with E-state index in [0.717, 1.165) is 5.56 Å². The van der Waals surface area contributed by atoms with Crippen molar-refractivity contribution < 1.29 is 17.9 Å². The van der Waals surface area contributed by atoms with Gasteiger partial charge in [-0.05, 0) is 31.7 Å². The van der Waals surface area contributed by atoms with Gasteiger partial charge in [-0.25, -0.2) is 0 Å². The number of nitrogens with zero attached hydrogens (tertiary/aromatic N) is 1. The third-order valence-electron chi connectivity index (χ3n) is 2.56. The Morgan fingerprint density at radius 3 is 2.28 bits per heavy atom. The van der Waals surface area contributed by atoms with Crippen molar-refractivity contribution in [3.05, 3.63) is 29.8 Å². The van der Waals surface area contributed by atoms with Crippen LogP contribution in [0, 0.1) is 0 Å². The van der Waals surface area contributed by atoms with Crippen molar-refractivity contribution in [2.75, 3.05) is 12.9 Å². The Kier molecular flexibility index (Phi) is 5.28. The molecule has 0 saturated carbocycles. The lowest BCUT2D eigenvalue weighted by atomic mass is 10.2. The first-order valence-electron chi connectivity index (χ1n) is 5.42. The van der Waals surface area contributed by atoms with Crippen molar-refractivity contribution >= 4 is 11.6 Å². The van der Waals surface area contributed by atoms with E-state index in [4.69, 9.17) is 11.6 Å². The van der Waals surface area contributed by atoms with Crippen LogP contribution in [0.5, 0.6) is 5.75 Å². The van der Waals surface area contributed by atoms with E-state index in [-0.39, 0.29) is 11.8 Å². The first kappa shape index (κ1) is 15.1. The number of halogens is 4. The van der Waals surface area contributed by atoms with Crippen LogP contribution in [0.15, 0.2) is 24.3 Å². The van der Waals surface area contributed by atoms with E-state index in [1.807, 2.05) is 18.9 Å². The van der Waals surface area contributed by atoms with Crippen molar-refractivity contribution in [2.24, 2.45) is 0 Å². The summed E-state index contributed by atoms with van der Waals surface area (Å²) in [7, 11) is 1.91. The maximum atomic E-state index is 12.0. The summed E-state index contributed by atoms with van der Waals surface area (Å²) in [6.07, 6.45) is -4.65. The van der Waals surface area contributed by atoms with Crippen LogP contribution in [0.1, 0.15) is 12.5 Å². The molecule has 0 N–H and O–H groups in total. The maximum Gasteiger partial charge on any atom is 0.573 e. The normalized spacial score (nSPS) is 13.7. The Morgan fingerprint density at radius 1 is 1.28 bits per heavy atom. The molecule has 0 bridgehead atoms. The molecule has 0 aromatic heterocycles. The largest absolute Gasteiger partial charge is 0.573 e. The molecular weight excluding hydrogens is 267 g/mol. The Labute approximate surface area is 109 Å². The van der Waals surface area contributed by atoms with Gasteiger partial charge in [-0.3, -0.25) is 4.90 Å². The zero-order valence-corrected chi connectivity index (χ0v) is 10.9. The molecule has 18 heavy (non-hydrogen) atoms. The maximum absolute atomic E-state index is 12.0. The van der Waals surface area contributed by atoms with E-state index in [2.05, 4.69) is 4.74 Å². The fourth-order valence-corrected chi connectivity index (χ4v) is 1.59. The Hall–Kier alpha value is -0.940. The summed E-state index contributed by atoms with van der Waals surface area (Å²) < 4.78 is 39.7. The number of hydrogen-bond donors (Lipinski definition) is 0. The predicted molar refractivity (Wildman–Crippen MR) is 64.8 cm³/mol. The van der Waals surface area contributed by atoms with E-state index in [1.165, 1.54) is 12.1 Å². The molecule has 0 spiro atoms. The first-order chi connectivity index (χ1) is 8.31. The second kappa shape index (κ2) is 6.29. The van der Waals surface area contributed by atoms with Gasteiger partial charge in [0.25, 0.3) is 0 Å². The summed E-state index contributed by atoms with van der Waals surface area (Å²) in [5, 5.41) is 0. The van der Waals surface area contributed by atoms with Crippen molar-refractivity contribution in [1.82, 2.24) is 4.90 Å². The Morgan fingerprint density at radius 2 is 1.83 bits per heavy atom. The second-order valence-corrected chi connectivity index (χ2v) is 4.42. The lowest BCUT2D eigenvalue weighted by Crippen LogP contribution is -2.29. The van der Waals surface area contributed by atoms with Gasteiger partial charge in [0.05, 0.1) is 0 Å². The Bertz CT molecular complexity index is 367. The molecule has 0 aliphatic rings. The van der Waals surface area contributed by atoms with Gasteiger partial charge in [0.15, 0.2) is 0 Å². The zero-order valence-electron chi connectivity index (χ0n) is 10.2. The van der Waals surface area contributed by atoms with Crippen LogP contribution in [-0.4, -0.2) is 30.2 Å². The molecule has 6 heteroatoms. The van der Waals surface area contributed by atoms with Crippen molar-refractivity contribution in [2.45, 2.75) is 25.9 Å². The second-order valence-electron chi connectivity index (χ2n) is 4.11. The quantitative estimate of drug-likeness (QED) is 0.764. The number of ether oxygens (including phenoxy) is 1. The molecule has 0 saturated heterocycles. The summed E-state index contributed by atoms with van der Waals surface area (Å²) in [5.74, 6) is 0.297. The molecule has 102 valence electrons. The summed E-state index contributed by atoms with van der Waals surface area (Å²) >= 11 is 5.72. The summed E-state index contributed by atoms with van der Waals surface area (Å²) in [5.41, 5.74) is 0.906. The average Bonchev–Trinajstić information content (AvgIpc) is 2.28. The number of benzene rings is 1. The highest BCUT2D eigenvalue weighted by Gasteiger charge is 2.30. The highest BCUT2D eigenvalue weighted by atomic mass is 35.5. The molecule has 0 aliphatic carbocycles. The standard InChI is InChI=1S/C12H15ClF3NO/c1-9(7-13)17(2)8-10-3-5-11(6-4-10)18-12(14,15)16/h3-6,9H,7-8H2,1-2H3. The zero-order chi connectivity index (χ0) is 13.8. The van der Waals surface area contributed by atoms with E-state index in [0.29, 0.717) is 12.4 Å². The van der Waals surface area contributed by atoms with Crippen LogP contribution in [0.25, 0.3) is 0 Å². The molecule has 1 atom stereocenters.